The van der Waals surface area contributed by atoms with Crippen molar-refractivity contribution in [3.63, 3.8) is 0 Å². The molecule has 0 aliphatic carbocycles. The molecule has 5 heteroatoms. The van der Waals surface area contributed by atoms with Crippen LogP contribution in [0.4, 0.5) is 4.79 Å². The number of hydrogen-bond donors (Lipinski definition) is 1. The van der Waals surface area contributed by atoms with E-state index in [4.69, 9.17) is 4.74 Å². The number of ether oxygens (including phenoxy) is 1. The number of fused-ring (bicyclic) bond motifs is 1. The summed E-state index contributed by atoms with van der Waals surface area (Å²) in [5.74, 6) is 0.799. The maximum Gasteiger partial charge on any atom is 0.324 e. The molecule has 2 atom stereocenters. The van der Waals surface area contributed by atoms with Gasteiger partial charge in [0.1, 0.15) is 17.9 Å². The molecule has 1 aromatic rings. The van der Waals surface area contributed by atoms with E-state index in [0.29, 0.717) is 6.54 Å². The molecule has 0 saturated carbocycles. The molecule has 2 heterocycles. The van der Waals surface area contributed by atoms with E-state index in [-0.39, 0.29) is 24.0 Å². The van der Waals surface area contributed by atoms with Crippen LogP contribution in [0.5, 0.6) is 5.75 Å². The number of imide groups is 1. The lowest BCUT2D eigenvalue weighted by atomic mass is 10.0. The molecule has 0 spiro atoms. The number of rotatable bonds is 3. The lowest BCUT2D eigenvalue weighted by Gasteiger charge is -2.18. The van der Waals surface area contributed by atoms with Gasteiger partial charge < -0.3 is 10.1 Å². The van der Waals surface area contributed by atoms with E-state index in [1.54, 1.807) is 0 Å². The van der Waals surface area contributed by atoms with E-state index < -0.39 is 6.04 Å². The van der Waals surface area contributed by atoms with Crippen LogP contribution in [-0.4, -0.2) is 35.5 Å². The summed E-state index contributed by atoms with van der Waals surface area (Å²) in [4.78, 5) is 25.4. The molecule has 0 radical (unpaired) electrons. The van der Waals surface area contributed by atoms with Crippen molar-refractivity contribution in [2.45, 2.75) is 32.4 Å². The summed E-state index contributed by atoms with van der Waals surface area (Å²) in [5.41, 5.74) is 1.13. The van der Waals surface area contributed by atoms with Gasteiger partial charge in [-0.25, -0.2) is 4.79 Å². The monoisotopic (exact) mass is 274 g/mol. The highest BCUT2D eigenvalue weighted by Crippen LogP contribution is 2.29. The molecule has 1 N–H and O–H groups in total. The van der Waals surface area contributed by atoms with Gasteiger partial charge in [0.25, 0.3) is 5.91 Å². The SMILES string of the molecule is CC(C)[C@@H]1NC(=O)N(C[C@H]2Cc3ccccc3O2)C1=O. The van der Waals surface area contributed by atoms with E-state index >= 15 is 0 Å². The van der Waals surface area contributed by atoms with Crippen LogP contribution in [-0.2, 0) is 11.2 Å². The molecule has 0 aromatic heterocycles. The second-order valence-corrected chi connectivity index (χ2v) is 5.67. The van der Waals surface area contributed by atoms with E-state index in [0.717, 1.165) is 17.7 Å². The average molecular weight is 274 g/mol. The Bertz CT molecular complexity index is 531. The Kier molecular flexibility index (Phi) is 3.12. The van der Waals surface area contributed by atoms with Crippen molar-refractivity contribution >= 4 is 11.9 Å². The van der Waals surface area contributed by atoms with Gasteiger partial charge in [-0.15, -0.1) is 0 Å². The highest BCUT2D eigenvalue weighted by atomic mass is 16.5. The smallest absolute Gasteiger partial charge is 0.324 e. The van der Waals surface area contributed by atoms with Crippen LogP contribution in [0.1, 0.15) is 19.4 Å². The normalized spacial score (nSPS) is 24.9. The largest absolute Gasteiger partial charge is 0.488 e. The predicted octanol–water partition coefficient (Wildman–Crippen LogP) is 1.57. The third-order valence-electron chi connectivity index (χ3n) is 3.82. The van der Waals surface area contributed by atoms with Crippen LogP contribution >= 0.6 is 0 Å². The molecule has 5 nitrogen and oxygen atoms in total. The molecule has 2 aliphatic rings. The van der Waals surface area contributed by atoms with Crippen molar-refractivity contribution in [2.24, 2.45) is 5.92 Å². The summed E-state index contributed by atoms with van der Waals surface area (Å²) >= 11 is 0. The number of benzene rings is 1. The van der Waals surface area contributed by atoms with Crippen molar-refractivity contribution in [2.75, 3.05) is 6.54 Å². The number of para-hydroxylation sites is 1. The summed E-state index contributed by atoms with van der Waals surface area (Å²) in [6.45, 7) is 4.16. The Hall–Kier alpha value is -2.04. The number of hydrogen-bond acceptors (Lipinski definition) is 3. The summed E-state index contributed by atoms with van der Waals surface area (Å²) in [7, 11) is 0. The van der Waals surface area contributed by atoms with Gasteiger partial charge in [0.2, 0.25) is 0 Å². The van der Waals surface area contributed by atoms with Crippen molar-refractivity contribution < 1.29 is 14.3 Å². The predicted molar refractivity (Wildman–Crippen MR) is 73.4 cm³/mol. The van der Waals surface area contributed by atoms with Crippen LogP contribution in [0.15, 0.2) is 24.3 Å². The first-order valence-corrected chi connectivity index (χ1v) is 6.92. The fraction of sp³-hybridized carbons (Fsp3) is 0.467. The molecular formula is C15H18N2O3. The molecular weight excluding hydrogens is 256 g/mol. The second kappa shape index (κ2) is 4.81. The van der Waals surface area contributed by atoms with Gasteiger partial charge in [0.05, 0.1) is 6.54 Å². The quantitative estimate of drug-likeness (QED) is 0.851. The highest BCUT2D eigenvalue weighted by Gasteiger charge is 2.41. The first-order valence-electron chi connectivity index (χ1n) is 6.92. The first-order chi connectivity index (χ1) is 9.56. The van der Waals surface area contributed by atoms with Gasteiger partial charge in [-0.1, -0.05) is 32.0 Å². The molecule has 20 heavy (non-hydrogen) atoms. The van der Waals surface area contributed by atoms with Gasteiger partial charge in [0, 0.05) is 6.42 Å². The maximum atomic E-state index is 12.2. The fourth-order valence-corrected chi connectivity index (χ4v) is 2.72. The summed E-state index contributed by atoms with van der Waals surface area (Å²) < 4.78 is 5.79. The Morgan fingerprint density at radius 3 is 2.75 bits per heavy atom. The Morgan fingerprint density at radius 1 is 1.35 bits per heavy atom. The molecule has 0 unspecified atom stereocenters. The number of carbonyl (C=O) groups excluding carboxylic acids is 2. The molecule has 1 aromatic carbocycles. The van der Waals surface area contributed by atoms with Gasteiger partial charge in [-0.2, -0.15) is 0 Å². The lowest BCUT2D eigenvalue weighted by molar-refractivity contribution is -0.129. The number of carbonyl (C=O) groups is 2. The van der Waals surface area contributed by atoms with Crippen molar-refractivity contribution in [1.29, 1.82) is 0 Å². The molecule has 1 fully saturated rings. The van der Waals surface area contributed by atoms with Gasteiger partial charge in [-0.05, 0) is 17.5 Å². The average Bonchev–Trinajstić information content (AvgIpc) is 2.94. The topological polar surface area (TPSA) is 58.6 Å². The standard InChI is InChI=1S/C15H18N2O3/c1-9(2)13-14(18)17(15(19)16-13)8-11-7-10-5-3-4-6-12(10)20-11/h3-6,9,11,13H,7-8H2,1-2H3,(H,16,19)/t11-,13+/m1/s1. The molecule has 0 bridgehead atoms. The summed E-state index contributed by atoms with van der Waals surface area (Å²) in [6.07, 6.45) is 0.590. The third-order valence-corrected chi connectivity index (χ3v) is 3.82. The number of nitrogens with zero attached hydrogens (tertiary/aromatic N) is 1. The van der Waals surface area contributed by atoms with Crippen LogP contribution in [0.3, 0.4) is 0 Å². The van der Waals surface area contributed by atoms with Gasteiger partial charge >= 0.3 is 6.03 Å². The molecule has 3 rings (SSSR count). The minimum absolute atomic E-state index is 0.0955. The third kappa shape index (κ3) is 2.13. The fourth-order valence-electron chi connectivity index (χ4n) is 2.72. The minimum atomic E-state index is -0.411. The second-order valence-electron chi connectivity index (χ2n) is 5.67. The number of nitrogens with one attached hydrogen (secondary N) is 1. The van der Waals surface area contributed by atoms with Crippen LogP contribution in [0.2, 0.25) is 0 Å². The van der Waals surface area contributed by atoms with Crippen LogP contribution in [0.25, 0.3) is 0 Å². The zero-order chi connectivity index (χ0) is 14.3. The first kappa shape index (κ1) is 13.0. The van der Waals surface area contributed by atoms with Gasteiger partial charge in [-0.3, -0.25) is 9.69 Å². The van der Waals surface area contributed by atoms with E-state index in [1.165, 1.54) is 4.90 Å². The molecule has 2 aliphatic heterocycles. The highest BCUT2D eigenvalue weighted by molar-refractivity contribution is 6.04. The van der Waals surface area contributed by atoms with Crippen LogP contribution < -0.4 is 10.1 Å². The Balaban J connectivity index is 1.68. The molecule has 106 valence electrons. The Morgan fingerprint density at radius 2 is 2.10 bits per heavy atom. The molecule has 3 amide bonds. The van der Waals surface area contributed by atoms with E-state index in [1.807, 2.05) is 38.1 Å². The van der Waals surface area contributed by atoms with Crippen molar-refractivity contribution in [3.8, 4) is 5.75 Å². The van der Waals surface area contributed by atoms with Gasteiger partial charge in [0.15, 0.2) is 0 Å². The van der Waals surface area contributed by atoms with Crippen molar-refractivity contribution in [1.82, 2.24) is 10.2 Å². The summed E-state index contributed by atoms with van der Waals surface area (Å²) in [6, 6.07) is 7.09. The Labute approximate surface area is 117 Å². The van der Waals surface area contributed by atoms with E-state index in [9.17, 15) is 9.59 Å². The maximum absolute atomic E-state index is 12.2. The number of urea groups is 1. The van der Waals surface area contributed by atoms with Crippen LogP contribution in [0, 0.1) is 5.92 Å². The van der Waals surface area contributed by atoms with E-state index in [2.05, 4.69) is 5.32 Å². The lowest BCUT2D eigenvalue weighted by Crippen LogP contribution is -2.40. The zero-order valence-corrected chi connectivity index (χ0v) is 11.6. The zero-order valence-electron chi connectivity index (χ0n) is 11.6. The van der Waals surface area contributed by atoms with Crippen molar-refractivity contribution in [3.05, 3.63) is 29.8 Å². The minimum Gasteiger partial charge on any atom is -0.488 e. The number of amides is 3. The summed E-state index contributed by atoms with van der Waals surface area (Å²) in [5, 5.41) is 2.73. The molecule has 1 saturated heterocycles.